The summed E-state index contributed by atoms with van der Waals surface area (Å²) < 4.78 is 27.6. The number of hydrogen-bond acceptors (Lipinski definition) is 4. The maximum Gasteiger partial charge on any atom is 0.282 e. The lowest BCUT2D eigenvalue weighted by molar-refractivity contribution is -0.140. The highest BCUT2D eigenvalue weighted by atomic mass is 19.3. The normalized spacial score (nSPS) is 22.1. The van der Waals surface area contributed by atoms with E-state index < -0.39 is 18.0 Å². The molecule has 0 radical (unpaired) electrons. The number of aromatic nitrogens is 3. The number of carbonyl (C=O) groups is 2. The van der Waals surface area contributed by atoms with E-state index in [0.717, 1.165) is 12.0 Å². The van der Waals surface area contributed by atoms with Crippen molar-refractivity contribution in [3.63, 3.8) is 0 Å². The number of nitrogens with zero attached hydrogens (tertiary/aromatic N) is 5. The second-order valence-electron chi connectivity index (χ2n) is 7.39. The van der Waals surface area contributed by atoms with E-state index in [2.05, 4.69) is 10.1 Å². The lowest BCUT2D eigenvalue weighted by Crippen LogP contribution is -2.44. The number of likely N-dealkylation sites (tertiary alicyclic amines) is 2. The summed E-state index contributed by atoms with van der Waals surface area (Å²) in [6.07, 6.45) is 2.71. The van der Waals surface area contributed by atoms with Crippen molar-refractivity contribution in [3.05, 3.63) is 47.5 Å². The first kappa shape index (κ1) is 18.5. The van der Waals surface area contributed by atoms with Crippen LogP contribution in [0.15, 0.2) is 30.7 Å². The van der Waals surface area contributed by atoms with E-state index in [1.807, 2.05) is 12.1 Å². The summed E-state index contributed by atoms with van der Waals surface area (Å²) in [4.78, 5) is 33.1. The van der Waals surface area contributed by atoms with Crippen LogP contribution in [0.25, 0.3) is 0 Å². The molecule has 7 nitrogen and oxygen atoms in total. The van der Waals surface area contributed by atoms with Gasteiger partial charge in [-0.3, -0.25) is 19.3 Å². The van der Waals surface area contributed by atoms with Crippen molar-refractivity contribution in [3.8, 4) is 0 Å². The molecule has 2 aliphatic heterocycles. The van der Waals surface area contributed by atoms with Crippen molar-refractivity contribution in [1.82, 2.24) is 24.6 Å². The van der Waals surface area contributed by atoms with Crippen LogP contribution < -0.4 is 0 Å². The first-order valence-corrected chi connectivity index (χ1v) is 9.22. The van der Waals surface area contributed by atoms with Gasteiger partial charge in [-0.05, 0) is 24.0 Å². The van der Waals surface area contributed by atoms with Crippen molar-refractivity contribution in [2.24, 2.45) is 18.9 Å². The monoisotopic (exact) mass is 389 g/mol. The van der Waals surface area contributed by atoms with E-state index in [9.17, 15) is 18.4 Å². The Morgan fingerprint density at radius 2 is 2.18 bits per heavy atom. The van der Waals surface area contributed by atoms with E-state index in [1.165, 1.54) is 22.8 Å². The Morgan fingerprint density at radius 1 is 1.36 bits per heavy atom. The summed E-state index contributed by atoms with van der Waals surface area (Å²) in [6.45, 7) is 1.77. The summed E-state index contributed by atoms with van der Waals surface area (Å²) in [5.74, 6) is -0.700. The van der Waals surface area contributed by atoms with Crippen LogP contribution in [0.3, 0.4) is 0 Å². The van der Waals surface area contributed by atoms with Crippen molar-refractivity contribution >= 4 is 11.8 Å². The zero-order chi connectivity index (χ0) is 19.8. The Kier molecular flexibility index (Phi) is 4.82. The van der Waals surface area contributed by atoms with Gasteiger partial charge < -0.3 is 9.80 Å². The van der Waals surface area contributed by atoms with E-state index in [4.69, 9.17) is 0 Å². The molecule has 0 bridgehead atoms. The van der Waals surface area contributed by atoms with Crippen LogP contribution in [0.4, 0.5) is 8.78 Å². The fourth-order valence-electron chi connectivity index (χ4n) is 4.15. The molecule has 2 aromatic rings. The molecule has 28 heavy (non-hydrogen) atoms. The van der Waals surface area contributed by atoms with Crippen LogP contribution in [0.2, 0.25) is 0 Å². The molecule has 2 aliphatic rings. The summed E-state index contributed by atoms with van der Waals surface area (Å²) in [5, 5.41) is 3.71. The number of halogens is 2. The minimum Gasteiger partial charge on any atom is -0.338 e. The van der Waals surface area contributed by atoms with Crippen LogP contribution >= 0.6 is 0 Å². The van der Waals surface area contributed by atoms with Crippen LogP contribution in [-0.2, 0) is 18.4 Å². The number of fused-ring (bicyclic) bond motifs is 1. The highest BCUT2D eigenvalue weighted by Gasteiger charge is 2.45. The van der Waals surface area contributed by atoms with E-state index in [0.29, 0.717) is 19.6 Å². The number of carbonyl (C=O) groups excluding carboxylic acids is 2. The maximum atomic E-state index is 13.2. The molecule has 0 N–H and O–H groups in total. The molecule has 4 heterocycles. The molecule has 2 aromatic heterocycles. The van der Waals surface area contributed by atoms with Crippen LogP contribution in [0, 0.1) is 11.8 Å². The number of alkyl halides is 2. The number of rotatable bonds is 4. The summed E-state index contributed by atoms with van der Waals surface area (Å²) in [5.41, 5.74) is 0.361. The lowest BCUT2D eigenvalue weighted by atomic mass is 9.88. The molecule has 0 aromatic carbocycles. The highest BCUT2D eigenvalue weighted by Crippen LogP contribution is 2.34. The van der Waals surface area contributed by atoms with Crippen LogP contribution in [0.5, 0.6) is 0 Å². The number of amides is 2. The Labute approximate surface area is 160 Å². The largest absolute Gasteiger partial charge is 0.338 e. The Hall–Kier alpha value is -2.84. The van der Waals surface area contributed by atoms with Gasteiger partial charge in [-0.2, -0.15) is 5.10 Å². The van der Waals surface area contributed by atoms with Gasteiger partial charge in [-0.15, -0.1) is 0 Å². The Balaban J connectivity index is 1.47. The Morgan fingerprint density at radius 3 is 2.89 bits per heavy atom. The van der Waals surface area contributed by atoms with Gasteiger partial charge in [-0.25, -0.2) is 8.78 Å². The molecule has 0 aliphatic carbocycles. The smallest absolute Gasteiger partial charge is 0.282 e. The quantitative estimate of drug-likeness (QED) is 0.801. The molecule has 0 saturated carbocycles. The van der Waals surface area contributed by atoms with E-state index in [-0.39, 0.29) is 29.9 Å². The molecule has 2 unspecified atom stereocenters. The van der Waals surface area contributed by atoms with Gasteiger partial charge in [-0.1, -0.05) is 6.07 Å². The van der Waals surface area contributed by atoms with Crippen LogP contribution in [-0.4, -0.2) is 56.0 Å². The zero-order valence-corrected chi connectivity index (χ0v) is 15.5. The van der Waals surface area contributed by atoms with Crippen molar-refractivity contribution in [1.29, 1.82) is 0 Å². The summed E-state index contributed by atoms with van der Waals surface area (Å²) in [7, 11) is 1.51. The van der Waals surface area contributed by atoms with E-state index >= 15 is 0 Å². The van der Waals surface area contributed by atoms with Crippen molar-refractivity contribution < 1.29 is 18.4 Å². The summed E-state index contributed by atoms with van der Waals surface area (Å²) >= 11 is 0. The third kappa shape index (κ3) is 3.36. The zero-order valence-electron chi connectivity index (χ0n) is 15.5. The third-order valence-electron chi connectivity index (χ3n) is 5.52. The van der Waals surface area contributed by atoms with Crippen LogP contribution in [0.1, 0.15) is 34.5 Å². The summed E-state index contributed by atoms with van der Waals surface area (Å²) in [6, 6.07) is 3.75. The minimum atomic E-state index is -2.82. The molecule has 4 rings (SSSR count). The van der Waals surface area contributed by atoms with Gasteiger partial charge in [0.2, 0.25) is 5.91 Å². The fraction of sp³-hybridized carbons (Fsp3) is 0.474. The highest BCUT2D eigenvalue weighted by molar-refractivity contribution is 5.96. The first-order valence-electron chi connectivity index (χ1n) is 9.22. The minimum absolute atomic E-state index is 0.00988. The second-order valence-corrected chi connectivity index (χ2v) is 7.39. The third-order valence-corrected chi connectivity index (χ3v) is 5.52. The second kappa shape index (κ2) is 7.29. The van der Waals surface area contributed by atoms with Gasteiger partial charge in [0.15, 0.2) is 0 Å². The maximum absolute atomic E-state index is 13.2. The predicted octanol–water partition coefficient (Wildman–Crippen LogP) is 1.87. The average molecular weight is 389 g/mol. The predicted molar refractivity (Wildman–Crippen MR) is 95.3 cm³/mol. The van der Waals surface area contributed by atoms with Crippen molar-refractivity contribution in [2.75, 3.05) is 19.6 Å². The molecule has 2 amide bonds. The molecule has 2 saturated heterocycles. The average Bonchev–Trinajstić information content (AvgIpc) is 3.29. The van der Waals surface area contributed by atoms with Gasteiger partial charge in [0.1, 0.15) is 5.69 Å². The topological polar surface area (TPSA) is 71.3 Å². The SMILES string of the molecule is Cn1cc(C(=O)N2CC3CCN(Cc4cccnc4)C(=O)C3C2)c(C(F)F)n1. The fourth-order valence-corrected chi connectivity index (χ4v) is 4.15. The number of hydrogen-bond donors (Lipinski definition) is 0. The lowest BCUT2D eigenvalue weighted by Gasteiger charge is -2.33. The molecule has 148 valence electrons. The Bertz CT molecular complexity index is 886. The van der Waals surface area contributed by atoms with Crippen molar-refractivity contribution in [2.45, 2.75) is 19.4 Å². The molecule has 2 fully saturated rings. The van der Waals surface area contributed by atoms with Gasteiger partial charge >= 0.3 is 0 Å². The van der Waals surface area contributed by atoms with E-state index in [1.54, 1.807) is 17.3 Å². The molecular weight excluding hydrogens is 368 g/mol. The molecular formula is C19H21F2N5O2. The number of piperidine rings is 1. The molecule has 9 heteroatoms. The van der Waals surface area contributed by atoms with Gasteiger partial charge in [0.05, 0.1) is 11.5 Å². The number of pyridine rings is 1. The molecule has 2 atom stereocenters. The van der Waals surface area contributed by atoms with Gasteiger partial charge in [0, 0.05) is 51.8 Å². The standard InChI is InChI=1S/C19H21F2N5O2/c1-24-10-15(16(23-24)17(20)21)19(28)26-9-13-4-6-25(18(27)14(13)11-26)8-12-3-2-5-22-7-12/h2-3,5,7,10,13-14,17H,4,6,8-9,11H2,1H3. The number of aryl methyl sites for hydroxylation is 1. The first-order chi connectivity index (χ1) is 13.4. The van der Waals surface area contributed by atoms with Gasteiger partial charge in [0.25, 0.3) is 12.3 Å². The molecule has 0 spiro atoms.